The minimum atomic E-state index is 0.188. The van der Waals surface area contributed by atoms with Gasteiger partial charge >= 0.3 is 0 Å². The van der Waals surface area contributed by atoms with Gasteiger partial charge in [0.1, 0.15) is 24.2 Å². The highest BCUT2D eigenvalue weighted by molar-refractivity contribution is 5.35. The van der Waals surface area contributed by atoms with Crippen LogP contribution in [0.4, 0.5) is 0 Å². The molecule has 2 aliphatic carbocycles. The standard InChI is InChI=1S/C30H40O3/c1-21(2)28-15-16-30(3,24-9-13-26(14-10-24)32-19-27-20-33-27)17-29(28)23-7-11-25(12-8-23)31-18-22-5-4-6-22/h7-14,21-22,27-29H,4-6,15-20H2,1-3H3. The summed E-state index contributed by atoms with van der Waals surface area (Å²) in [6.07, 6.45) is 8.03. The lowest BCUT2D eigenvalue weighted by Crippen LogP contribution is -2.35. The van der Waals surface area contributed by atoms with Crippen LogP contribution in [-0.2, 0) is 10.2 Å². The van der Waals surface area contributed by atoms with Crippen molar-refractivity contribution in [3.05, 3.63) is 59.7 Å². The fourth-order valence-electron chi connectivity index (χ4n) is 5.84. The Morgan fingerprint density at radius 3 is 2.12 bits per heavy atom. The Balaban J connectivity index is 1.28. The van der Waals surface area contributed by atoms with Crippen LogP contribution in [0.1, 0.15) is 76.3 Å². The molecule has 0 aromatic heterocycles. The van der Waals surface area contributed by atoms with Crippen LogP contribution in [0.25, 0.3) is 0 Å². The minimum Gasteiger partial charge on any atom is -0.493 e. The molecular weight excluding hydrogens is 408 g/mol. The monoisotopic (exact) mass is 448 g/mol. The first kappa shape index (κ1) is 22.8. The SMILES string of the molecule is CC(C)C1CCC(C)(c2ccc(OCC3CO3)cc2)CC1c1ccc(OCC2CCC2)cc1. The molecule has 5 rings (SSSR count). The third-order valence-electron chi connectivity index (χ3n) is 8.48. The van der Waals surface area contributed by atoms with E-state index in [1.165, 1.54) is 49.7 Å². The van der Waals surface area contributed by atoms with E-state index in [4.69, 9.17) is 14.2 Å². The van der Waals surface area contributed by atoms with E-state index in [2.05, 4.69) is 69.3 Å². The summed E-state index contributed by atoms with van der Waals surface area (Å²) < 4.78 is 17.2. The molecular formula is C30H40O3. The quantitative estimate of drug-likeness (QED) is 0.382. The van der Waals surface area contributed by atoms with E-state index in [0.717, 1.165) is 36.5 Å². The molecule has 1 saturated heterocycles. The maximum Gasteiger partial charge on any atom is 0.119 e. The zero-order valence-corrected chi connectivity index (χ0v) is 20.6. The van der Waals surface area contributed by atoms with Crippen molar-refractivity contribution in [1.29, 1.82) is 0 Å². The van der Waals surface area contributed by atoms with Crippen LogP contribution in [0.3, 0.4) is 0 Å². The molecule has 1 aliphatic heterocycles. The summed E-state index contributed by atoms with van der Waals surface area (Å²) in [4.78, 5) is 0. The molecule has 4 unspecified atom stereocenters. The Bertz CT molecular complexity index is 895. The van der Waals surface area contributed by atoms with Crippen molar-refractivity contribution in [2.45, 2.75) is 76.7 Å². The van der Waals surface area contributed by atoms with E-state index >= 15 is 0 Å². The maximum absolute atomic E-state index is 6.07. The van der Waals surface area contributed by atoms with Gasteiger partial charge < -0.3 is 14.2 Å². The van der Waals surface area contributed by atoms with Crippen molar-refractivity contribution in [2.75, 3.05) is 19.8 Å². The Morgan fingerprint density at radius 2 is 1.55 bits per heavy atom. The summed E-state index contributed by atoms with van der Waals surface area (Å²) in [5.41, 5.74) is 3.10. The lowest BCUT2D eigenvalue weighted by Gasteiger charge is -2.45. The maximum atomic E-state index is 6.07. The zero-order chi connectivity index (χ0) is 22.8. The third-order valence-corrected chi connectivity index (χ3v) is 8.48. The van der Waals surface area contributed by atoms with Gasteiger partial charge in [0.25, 0.3) is 0 Å². The highest BCUT2D eigenvalue weighted by atomic mass is 16.6. The van der Waals surface area contributed by atoms with Crippen LogP contribution < -0.4 is 9.47 Å². The number of hydrogen-bond donors (Lipinski definition) is 0. The van der Waals surface area contributed by atoms with E-state index in [0.29, 0.717) is 24.5 Å². The molecule has 0 N–H and O–H groups in total. The Kier molecular flexibility index (Phi) is 6.69. The summed E-state index contributed by atoms with van der Waals surface area (Å²) >= 11 is 0. The molecule has 0 radical (unpaired) electrons. The van der Waals surface area contributed by atoms with Gasteiger partial charge in [0, 0.05) is 0 Å². The van der Waals surface area contributed by atoms with Crippen molar-refractivity contribution in [3.8, 4) is 11.5 Å². The van der Waals surface area contributed by atoms with E-state index in [1.807, 2.05) is 0 Å². The predicted molar refractivity (Wildman–Crippen MR) is 133 cm³/mol. The second-order valence-electron chi connectivity index (χ2n) is 11.3. The van der Waals surface area contributed by atoms with Crippen LogP contribution in [-0.4, -0.2) is 25.9 Å². The fraction of sp³-hybridized carbons (Fsp3) is 0.600. The first-order valence-corrected chi connectivity index (χ1v) is 13.1. The van der Waals surface area contributed by atoms with Crippen LogP contribution in [0, 0.1) is 17.8 Å². The molecule has 2 saturated carbocycles. The molecule has 0 bridgehead atoms. The highest BCUT2D eigenvalue weighted by Gasteiger charge is 2.40. The van der Waals surface area contributed by atoms with Gasteiger partial charge in [0.05, 0.1) is 13.2 Å². The van der Waals surface area contributed by atoms with Crippen molar-refractivity contribution >= 4 is 0 Å². The predicted octanol–water partition coefficient (Wildman–Crippen LogP) is 7.14. The Morgan fingerprint density at radius 1 is 0.909 bits per heavy atom. The van der Waals surface area contributed by atoms with E-state index in [9.17, 15) is 0 Å². The normalized spacial score (nSPS) is 29.5. The van der Waals surface area contributed by atoms with Crippen molar-refractivity contribution in [1.82, 2.24) is 0 Å². The lowest BCUT2D eigenvalue weighted by molar-refractivity contribution is 0.170. The molecule has 0 amide bonds. The van der Waals surface area contributed by atoms with Gasteiger partial charge in [-0.2, -0.15) is 0 Å². The summed E-state index contributed by atoms with van der Waals surface area (Å²) in [5.74, 6) is 4.73. The van der Waals surface area contributed by atoms with Crippen LogP contribution in [0.5, 0.6) is 11.5 Å². The Labute approximate surface area is 199 Å². The van der Waals surface area contributed by atoms with Crippen LogP contribution in [0.15, 0.2) is 48.5 Å². The van der Waals surface area contributed by atoms with E-state index in [-0.39, 0.29) is 5.41 Å². The second kappa shape index (κ2) is 9.70. The molecule has 3 fully saturated rings. The molecule has 2 aromatic carbocycles. The van der Waals surface area contributed by atoms with E-state index in [1.54, 1.807) is 0 Å². The van der Waals surface area contributed by atoms with Gasteiger partial charge in [-0.05, 0) is 96.6 Å². The third kappa shape index (κ3) is 5.40. The molecule has 3 heteroatoms. The molecule has 2 aromatic rings. The Hall–Kier alpha value is -2.00. The minimum absolute atomic E-state index is 0.188. The number of ether oxygens (including phenoxy) is 3. The van der Waals surface area contributed by atoms with Crippen molar-refractivity contribution in [3.63, 3.8) is 0 Å². The van der Waals surface area contributed by atoms with Gasteiger partial charge in [-0.15, -0.1) is 0 Å². The largest absolute Gasteiger partial charge is 0.493 e. The molecule has 33 heavy (non-hydrogen) atoms. The molecule has 178 valence electrons. The van der Waals surface area contributed by atoms with Crippen LogP contribution in [0.2, 0.25) is 0 Å². The van der Waals surface area contributed by atoms with Gasteiger partial charge in [0.15, 0.2) is 0 Å². The zero-order valence-electron chi connectivity index (χ0n) is 20.6. The molecule has 4 atom stereocenters. The highest BCUT2D eigenvalue weighted by Crippen LogP contribution is 2.51. The van der Waals surface area contributed by atoms with Crippen molar-refractivity contribution < 1.29 is 14.2 Å². The average molecular weight is 449 g/mol. The van der Waals surface area contributed by atoms with Gasteiger partial charge in [-0.25, -0.2) is 0 Å². The van der Waals surface area contributed by atoms with Crippen LogP contribution >= 0.6 is 0 Å². The van der Waals surface area contributed by atoms with Gasteiger partial charge in [-0.1, -0.05) is 51.5 Å². The lowest BCUT2D eigenvalue weighted by atomic mass is 9.59. The van der Waals surface area contributed by atoms with Crippen molar-refractivity contribution in [2.24, 2.45) is 17.8 Å². The summed E-state index contributed by atoms with van der Waals surface area (Å²) in [6.45, 7) is 9.62. The summed E-state index contributed by atoms with van der Waals surface area (Å²) in [6, 6.07) is 17.9. The van der Waals surface area contributed by atoms with Gasteiger partial charge in [0.2, 0.25) is 0 Å². The van der Waals surface area contributed by atoms with Gasteiger partial charge in [-0.3, -0.25) is 0 Å². The van der Waals surface area contributed by atoms with E-state index < -0.39 is 0 Å². The molecule has 3 aliphatic rings. The number of epoxide rings is 1. The first-order valence-electron chi connectivity index (χ1n) is 13.1. The topological polar surface area (TPSA) is 31.0 Å². The molecule has 3 nitrogen and oxygen atoms in total. The molecule has 0 spiro atoms. The number of hydrogen-bond acceptors (Lipinski definition) is 3. The average Bonchev–Trinajstić information content (AvgIpc) is 3.62. The number of benzene rings is 2. The fourth-order valence-corrected chi connectivity index (χ4v) is 5.84. The summed E-state index contributed by atoms with van der Waals surface area (Å²) in [5, 5.41) is 0. The first-order chi connectivity index (χ1) is 16.0. The smallest absolute Gasteiger partial charge is 0.119 e. The number of rotatable bonds is 9. The second-order valence-corrected chi connectivity index (χ2v) is 11.3. The molecule has 1 heterocycles. The summed E-state index contributed by atoms with van der Waals surface area (Å²) in [7, 11) is 0.